The molecule has 18 heavy (non-hydrogen) atoms. The third-order valence-electron chi connectivity index (χ3n) is 3.26. The van der Waals surface area contributed by atoms with Crippen molar-refractivity contribution in [2.45, 2.75) is 12.5 Å². The number of hydrogen-bond acceptors (Lipinski definition) is 3. The monoisotopic (exact) mass is 246 g/mol. The summed E-state index contributed by atoms with van der Waals surface area (Å²) in [4.78, 5) is 26.3. The predicted molar refractivity (Wildman–Crippen MR) is 61.9 cm³/mol. The van der Waals surface area contributed by atoms with Crippen LogP contribution in [0.3, 0.4) is 0 Å². The maximum atomic E-state index is 11.1. The van der Waals surface area contributed by atoms with Gasteiger partial charge in [0.25, 0.3) is 0 Å². The van der Waals surface area contributed by atoms with Crippen molar-refractivity contribution >= 4 is 17.7 Å². The van der Waals surface area contributed by atoms with Gasteiger partial charge in [-0.2, -0.15) is 0 Å². The molecule has 2 N–H and O–H groups in total. The number of allylic oxidation sites excluding steroid dienone is 1. The van der Waals surface area contributed by atoms with Gasteiger partial charge in [-0.1, -0.05) is 0 Å². The van der Waals surface area contributed by atoms with Gasteiger partial charge in [-0.25, -0.2) is 9.59 Å². The lowest BCUT2D eigenvalue weighted by Gasteiger charge is -2.24. The van der Waals surface area contributed by atoms with Crippen molar-refractivity contribution < 1.29 is 19.8 Å². The molecule has 0 aromatic carbocycles. The molecular formula is C12H10N2O4. The van der Waals surface area contributed by atoms with Gasteiger partial charge in [0.2, 0.25) is 0 Å². The highest BCUT2D eigenvalue weighted by atomic mass is 16.4. The Morgan fingerprint density at radius 2 is 2.17 bits per heavy atom. The van der Waals surface area contributed by atoms with Crippen molar-refractivity contribution in [3.05, 3.63) is 35.2 Å². The first-order chi connectivity index (χ1) is 8.58. The van der Waals surface area contributed by atoms with E-state index in [-0.39, 0.29) is 12.1 Å². The van der Waals surface area contributed by atoms with E-state index < -0.39 is 18.0 Å². The smallest absolute Gasteiger partial charge is 0.331 e. The Balaban J connectivity index is 2.13. The Bertz CT molecular complexity index is 624. The van der Waals surface area contributed by atoms with E-state index in [1.54, 1.807) is 16.8 Å². The van der Waals surface area contributed by atoms with Crippen LogP contribution in [0.2, 0.25) is 0 Å². The summed E-state index contributed by atoms with van der Waals surface area (Å²) in [6, 6.07) is 1.07. The molecule has 0 radical (unpaired) electrons. The molecule has 0 spiro atoms. The molecule has 2 aliphatic rings. The molecule has 0 saturated heterocycles. The van der Waals surface area contributed by atoms with E-state index in [0.717, 1.165) is 11.3 Å². The number of carboxylic acids is 2. The van der Waals surface area contributed by atoms with Gasteiger partial charge >= 0.3 is 11.9 Å². The zero-order valence-corrected chi connectivity index (χ0v) is 9.33. The van der Waals surface area contributed by atoms with Crippen molar-refractivity contribution in [1.82, 2.24) is 4.57 Å². The quantitative estimate of drug-likeness (QED) is 0.794. The highest BCUT2D eigenvalue weighted by Gasteiger charge is 2.31. The number of nitrogens with zero attached hydrogens (tertiary/aromatic N) is 2. The summed E-state index contributed by atoms with van der Waals surface area (Å²) < 4.78 is 1.66. The van der Waals surface area contributed by atoms with Crippen LogP contribution in [-0.4, -0.2) is 39.0 Å². The second-order valence-corrected chi connectivity index (χ2v) is 4.33. The van der Waals surface area contributed by atoms with Gasteiger partial charge in [-0.15, -0.1) is 0 Å². The maximum Gasteiger partial charge on any atom is 0.331 e. The van der Waals surface area contributed by atoms with E-state index in [2.05, 4.69) is 4.99 Å². The van der Waals surface area contributed by atoms with E-state index >= 15 is 0 Å². The number of aliphatic imine (C=N–C) groups is 1. The SMILES string of the molecule is O=C(O)C1=CC2=NCC(C(=O)O)n3ccc(c32)C1. The van der Waals surface area contributed by atoms with E-state index in [0.29, 0.717) is 12.1 Å². The average molecular weight is 246 g/mol. The minimum atomic E-state index is -0.962. The molecule has 6 heteroatoms. The lowest BCUT2D eigenvalue weighted by Crippen LogP contribution is -2.30. The second-order valence-electron chi connectivity index (χ2n) is 4.33. The summed E-state index contributed by atoms with van der Waals surface area (Å²) in [6.45, 7) is 0.134. The third-order valence-corrected chi connectivity index (χ3v) is 3.26. The maximum absolute atomic E-state index is 11.1. The number of rotatable bonds is 2. The zero-order valence-electron chi connectivity index (χ0n) is 9.33. The van der Waals surface area contributed by atoms with Gasteiger partial charge in [0.1, 0.15) is 0 Å². The van der Waals surface area contributed by atoms with Crippen LogP contribution in [-0.2, 0) is 16.0 Å². The van der Waals surface area contributed by atoms with Gasteiger partial charge < -0.3 is 14.8 Å². The molecule has 2 heterocycles. The van der Waals surface area contributed by atoms with Crippen molar-refractivity contribution in [2.24, 2.45) is 4.99 Å². The first-order valence-corrected chi connectivity index (χ1v) is 5.49. The number of aromatic nitrogens is 1. The third kappa shape index (κ3) is 1.38. The fourth-order valence-electron chi connectivity index (χ4n) is 2.41. The van der Waals surface area contributed by atoms with Crippen LogP contribution < -0.4 is 0 Å². The van der Waals surface area contributed by atoms with Gasteiger partial charge in [0.05, 0.1) is 18.0 Å². The van der Waals surface area contributed by atoms with E-state index in [1.807, 2.05) is 0 Å². The molecule has 1 aliphatic carbocycles. The number of carbonyl (C=O) groups is 2. The Morgan fingerprint density at radius 3 is 2.83 bits per heavy atom. The van der Waals surface area contributed by atoms with Crippen molar-refractivity contribution in [1.29, 1.82) is 0 Å². The van der Waals surface area contributed by atoms with Gasteiger partial charge in [0.15, 0.2) is 6.04 Å². The van der Waals surface area contributed by atoms with Crippen LogP contribution in [0.5, 0.6) is 0 Å². The van der Waals surface area contributed by atoms with Crippen LogP contribution >= 0.6 is 0 Å². The van der Waals surface area contributed by atoms with Crippen molar-refractivity contribution in [2.75, 3.05) is 6.54 Å². The molecule has 0 amide bonds. The minimum Gasteiger partial charge on any atom is -0.480 e. The molecule has 0 saturated carbocycles. The van der Waals surface area contributed by atoms with Crippen LogP contribution in [0.1, 0.15) is 17.3 Å². The molecule has 1 aliphatic heterocycles. The van der Waals surface area contributed by atoms with Crippen LogP contribution in [0.4, 0.5) is 0 Å². The summed E-state index contributed by atoms with van der Waals surface area (Å²) in [5.41, 5.74) is 2.40. The Hall–Kier alpha value is -2.37. The zero-order chi connectivity index (χ0) is 12.9. The standard InChI is InChI=1S/C12H10N2O4/c15-11(16)7-3-6-1-2-14-9(12(17)18)5-13-8(4-7)10(6)14/h1-2,4,9H,3,5H2,(H,15,16)(H,17,18). The van der Waals surface area contributed by atoms with E-state index in [9.17, 15) is 9.59 Å². The summed E-state index contributed by atoms with van der Waals surface area (Å²) in [5, 5.41) is 18.1. The molecule has 1 unspecified atom stereocenters. The number of hydrogen-bond donors (Lipinski definition) is 2. The molecule has 6 nitrogen and oxygen atoms in total. The lowest BCUT2D eigenvalue weighted by atomic mass is 9.94. The molecule has 1 atom stereocenters. The summed E-state index contributed by atoms with van der Waals surface area (Å²) in [5.74, 6) is -1.89. The van der Waals surface area contributed by atoms with Crippen LogP contribution in [0, 0.1) is 0 Å². The fourth-order valence-corrected chi connectivity index (χ4v) is 2.41. The molecule has 92 valence electrons. The van der Waals surface area contributed by atoms with Gasteiger partial charge in [-0.05, 0) is 17.7 Å². The van der Waals surface area contributed by atoms with Crippen molar-refractivity contribution in [3.63, 3.8) is 0 Å². The highest BCUT2D eigenvalue weighted by molar-refractivity contribution is 6.14. The highest BCUT2D eigenvalue weighted by Crippen LogP contribution is 2.29. The molecular weight excluding hydrogens is 236 g/mol. The molecule has 1 aromatic heterocycles. The Kier molecular flexibility index (Phi) is 2.13. The normalized spacial score (nSPS) is 20.8. The Morgan fingerprint density at radius 1 is 1.39 bits per heavy atom. The lowest BCUT2D eigenvalue weighted by molar-refractivity contribution is -0.140. The molecule has 3 rings (SSSR count). The summed E-state index contributed by atoms with van der Waals surface area (Å²) in [6.07, 6.45) is 3.53. The summed E-state index contributed by atoms with van der Waals surface area (Å²) in [7, 11) is 0. The second kappa shape index (κ2) is 3.56. The first-order valence-electron chi connectivity index (χ1n) is 5.49. The Labute approximate surface area is 102 Å². The molecule has 0 bridgehead atoms. The van der Waals surface area contributed by atoms with Gasteiger partial charge in [-0.3, -0.25) is 4.99 Å². The minimum absolute atomic E-state index is 0.134. The molecule has 1 aromatic rings. The van der Waals surface area contributed by atoms with E-state index in [1.165, 1.54) is 6.08 Å². The number of aliphatic carboxylic acids is 2. The topological polar surface area (TPSA) is 91.9 Å². The van der Waals surface area contributed by atoms with Crippen LogP contribution in [0.15, 0.2) is 28.9 Å². The first kappa shape index (κ1) is 10.8. The fraction of sp³-hybridized carbons (Fsp3) is 0.250. The van der Waals surface area contributed by atoms with Gasteiger partial charge in [0, 0.05) is 18.2 Å². The molecule has 0 fully saturated rings. The number of carboxylic acid groups (broad SMARTS) is 2. The largest absolute Gasteiger partial charge is 0.480 e. The predicted octanol–water partition coefficient (Wildman–Crippen LogP) is 0.484. The van der Waals surface area contributed by atoms with Crippen LogP contribution in [0.25, 0.3) is 0 Å². The average Bonchev–Trinajstić information content (AvgIpc) is 2.74. The van der Waals surface area contributed by atoms with E-state index in [4.69, 9.17) is 10.2 Å². The summed E-state index contributed by atoms with van der Waals surface area (Å²) >= 11 is 0. The van der Waals surface area contributed by atoms with Crippen molar-refractivity contribution in [3.8, 4) is 0 Å².